The predicted molar refractivity (Wildman–Crippen MR) is 75.7 cm³/mol. The lowest BCUT2D eigenvalue weighted by atomic mass is 10.0. The largest absolute Gasteiger partial charge is 0.505 e. The maximum Gasteiger partial charge on any atom is 0.269 e. The topological polar surface area (TPSA) is 125 Å². The van der Waals surface area contributed by atoms with Crippen LogP contribution in [0.5, 0.6) is 5.75 Å². The molecule has 0 radical (unpaired) electrons. The van der Waals surface area contributed by atoms with E-state index in [2.05, 4.69) is 10.2 Å². The van der Waals surface area contributed by atoms with Crippen LogP contribution in [0.4, 0.5) is 11.4 Å². The summed E-state index contributed by atoms with van der Waals surface area (Å²) in [6.45, 7) is 0. The number of anilines is 1. The van der Waals surface area contributed by atoms with Crippen LogP contribution in [-0.4, -0.2) is 25.1 Å². The van der Waals surface area contributed by atoms with Crippen molar-refractivity contribution in [1.29, 1.82) is 0 Å². The Morgan fingerprint density at radius 2 is 2.05 bits per heavy atom. The summed E-state index contributed by atoms with van der Waals surface area (Å²) in [5.41, 5.74) is 6.27. The predicted octanol–water partition coefficient (Wildman–Crippen LogP) is 2.23. The highest BCUT2D eigenvalue weighted by atomic mass is 32.2. The molecule has 0 aliphatic rings. The van der Waals surface area contributed by atoms with Gasteiger partial charge in [-0.3, -0.25) is 4.55 Å². The van der Waals surface area contributed by atoms with Crippen molar-refractivity contribution in [1.82, 2.24) is 0 Å². The van der Waals surface area contributed by atoms with Gasteiger partial charge in [0.1, 0.15) is 11.4 Å². The molecule has 106 valence electrons. The van der Waals surface area contributed by atoms with Gasteiger partial charge in [-0.1, -0.05) is 12.1 Å². The standard InChI is InChI=1S/C12H13N3O4S/c1-14-15-11-8(6-20(17,18)19)5-7-3-2-4-9(13)10(7)12(11)16/h2-5,16H,6,13H2,1H3,(H,17,18,19). The van der Waals surface area contributed by atoms with Crippen molar-refractivity contribution >= 4 is 32.3 Å². The molecule has 0 fully saturated rings. The summed E-state index contributed by atoms with van der Waals surface area (Å²) in [7, 11) is -2.87. The number of hydrogen-bond acceptors (Lipinski definition) is 6. The summed E-state index contributed by atoms with van der Waals surface area (Å²) in [6, 6.07) is 6.46. The van der Waals surface area contributed by atoms with E-state index in [4.69, 9.17) is 10.3 Å². The molecule has 0 spiro atoms. The summed E-state index contributed by atoms with van der Waals surface area (Å²) in [5.74, 6) is -0.926. The number of rotatable bonds is 3. The Morgan fingerprint density at radius 3 is 2.65 bits per heavy atom. The Kier molecular flexibility index (Phi) is 3.60. The molecule has 8 heteroatoms. The first-order valence-corrected chi connectivity index (χ1v) is 7.22. The van der Waals surface area contributed by atoms with Crippen LogP contribution in [0.1, 0.15) is 5.56 Å². The van der Waals surface area contributed by atoms with E-state index in [1.807, 2.05) is 0 Å². The highest BCUT2D eigenvalue weighted by molar-refractivity contribution is 7.85. The Hall–Kier alpha value is -2.19. The van der Waals surface area contributed by atoms with E-state index in [0.717, 1.165) is 0 Å². The van der Waals surface area contributed by atoms with Crippen molar-refractivity contribution in [2.75, 3.05) is 12.8 Å². The average molecular weight is 295 g/mol. The number of benzene rings is 2. The minimum absolute atomic E-state index is 0.0180. The van der Waals surface area contributed by atoms with Crippen LogP contribution < -0.4 is 5.73 Å². The van der Waals surface area contributed by atoms with Crippen LogP contribution in [0.3, 0.4) is 0 Å². The van der Waals surface area contributed by atoms with Crippen molar-refractivity contribution in [2.45, 2.75) is 5.75 Å². The lowest BCUT2D eigenvalue weighted by Gasteiger charge is -2.11. The molecule has 4 N–H and O–H groups in total. The van der Waals surface area contributed by atoms with Crippen LogP contribution in [0, 0.1) is 0 Å². The van der Waals surface area contributed by atoms with Crippen LogP contribution in [0.25, 0.3) is 10.8 Å². The highest BCUT2D eigenvalue weighted by Gasteiger charge is 2.18. The molecule has 0 aliphatic carbocycles. The van der Waals surface area contributed by atoms with Crippen LogP contribution in [-0.2, 0) is 15.9 Å². The van der Waals surface area contributed by atoms with Gasteiger partial charge in [-0.15, -0.1) is 0 Å². The maximum absolute atomic E-state index is 11.0. The molecule has 0 bridgehead atoms. The summed E-state index contributed by atoms with van der Waals surface area (Å²) in [6.07, 6.45) is 0. The third kappa shape index (κ3) is 2.70. The lowest BCUT2D eigenvalue weighted by molar-refractivity contribution is 0.479. The van der Waals surface area contributed by atoms with Gasteiger partial charge in [-0.05, 0) is 17.5 Å². The molecule has 2 rings (SSSR count). The summed E-state index contributed by atoms with van der Waals surface area (Å²) in [5, 5.41) is 18.4. The van der Waals surface area contributed by atoms with Gasteiger partial charge in [0, 0.05) is 23.7 Å². The number of azo groups is 1. The zero-order chi connectivity index (χ0) is 14.9. The van der Waals surface area contributed by atoms with Crippen molar-refractivity contribution in [3.8, 4) is 5.75 Å². The smallest absolute Gasteiger partial charge is 0.269 e. The fourth-order valence-corrected chi connectivity index (χ4v) is 2.64. The highest BCUT2D eigenvalue weighted by Crippen LogP contribution is 2.41. The van der Waals surface area contributed by atoms with Crippen molar-refractivity contribution in [3.63, 3.8) is 0 Å². The SMILES string of the molecule is CN=Nc1c(CS(=O)(=O)O)cc2cccc(N)c2c1O. The van der Waals surface area contributed by atoms with Gasteiger partial charge in [-0.25, -0.2) is 0 Å². The normalized spacial score (nSPS) is 12.3. The Morgan fingerprint density at radius 1 is 1.35 bits per heavy atom. The maximum atomic E-state index is 11.0. The molecule has 7 nitrogen and oxygen atoms in total. The second kappa shape index (κ2) is 5.06. The van der Waals surface area contributed by atoms with E-state index in [1.54, 1.807) is 18.2 Å². The second-order valence-corrected chi connectivity index (χ2v) is 5.66. The third-order valence-corrected chi connectivity index (χ3v) is 3.44. The zero-order valence-corrected chi connectivity index (χ0v) is 11.4. The summed E-state index contributed by atoms with van der Waals surface area (Å²) < 4.78 is 31.1. The average Bonchev–Trinajstić information content (AvgIpc) is 2.32. The third-order valence-electron chi connectivity index (χ3n) is 2.76. The molecule has 0 saturated carbocycles. The molecule has 0 saturated heterocycles. The van der Waals surface area contributed by atoms with Gasteiger partial charge in [0.2, 0.25) is 0 Å². The minimum Gasteiger partial charge on any atom is -0.505 e. The van der Waals surface area contributed by atoms with Gasteiger partial charge in [-0.2, -0.15) is 18.6 Å². The van der Waals surface area contributed by atoms with E-state index in [1.165, 1.54) is 13.1 Å². The molecular weight excluding hydrogens is 282 g/mol. The number of phenolic OH excluding ortho intramolecular Hbond substituents is 1. The lowest BCUT2D eigenvalue weighted by Crippen LogP contribution is -2.02. The Bertz CT molecular complexity index is 800. The molecule has 2 aromatic rings. The second-order valence-electron chi connectivity index (χ2n) is 4.20. The number of hydrogen-bond donors (Lipinski definition) is 3. The monoisotopic (exact) mass is 295 g/mol. The van der Waals surface area contributed by atoms with E-state index in [9.17, 15) is 13.5 Å². The summed E-state index contributed by atoms with van der Waals surface area (Å²) >= 11 is 0. The first-order chi connectivity index (χ1) is 9.33. The number of nitrogen functional groups attached to an aromatic ring is 1. The van der Waals surface area contributed by atoms with Gasteiger partial charge >= 0.3 is 0 Å². The minimum atomic E-state index is -4.26. The Balaban J connectivity index is 2.84. The Labute approximate surface area is 115 Å². The van der Waals surface area contributed by atoms with Gasteiger partial charge in [0.15, 0.2) is 5.75 Å². The van der Waals surface area contributed by atoms with E-state index in [0.29, 0.717) is 16.5 Å². The van der Waals surface area contributed by atoms with E-state index >= 15 is 0 Å². The molecular formula is C12H13N3O4S. The molecule has 0 aromatic heterocycles. The van der Waals surface area contributed by atoms with Crippen LogP contribution in [0.15, 0.2) is 34.5 Å². The number of nitrogens with zero attached hydrogens (tertiary/aromatic N) is 2. The molecule has 0 unspecified atom stereocenters. The quantitative estimate of drug-likeness (QED) is 0.455. The molecule has 0 heterocycles. The van der Waals surface area contributed by atoms with Gasteiger partial charge in [0.25, 0.3) is 10.1 Å². The number of phenols is 1. The number of nitrogens with two attached hydrogens (primary N) is 1. The molecule has 0 amide bonds. The zero-order valence-electron chi connectivity index (χ0n) is 10.6. The van der Waals surface area contributed by atoms with E-state index < -0.39 is 15.9 Å². The first-order valence-electron chi connectivity index (χ1n) is 5.61. The molecule has 0 atom stereocenters. The molecule has 2 aromatic carbocycles. The van der Waals surface area contributed by atoms with E-state index in [-0.39, 0.29) is 17.0 Å². The van der Waals surface area contributed by atoms with Crippen molar-refractivity contribution in [2.24, 2.45) is 10.2 Å². The van der Waals surface area contributed by atoms with Gasteiger partial charge in [0.05, 0.1) is 0 Å². The number of aromatic hydroxyl groups is 1. The van der Waals surface area contributed by atoms with Gasteiger partial charge < -0.3 is 10.8 Å². The fraction of sp³-hybridized carbons (Fsp3) is 0.167. The summed E-state index contributed by atoms with van der Waals surface area (Å²) in [4.78, 5) is 0. The van der Waals surface area contributed by atoms with Crippen LogP contribution in [0.2, 0.25) is 0 Å². The number of fused-ring (bicyclic) bond motifs is 1. The fourth-order valence-electron chi connectivity index (χ4n) is 2.03. The van der Waals surface area contributed by atoms with Crippen LogP contribution >= 0.6 is 0 Å². The first kappa shape index (κ1) is 14.2. The molecule has 0 aliphatic heterocycles. The molecule has 20 heavy (non-hydrogen) atoms. The van der Waals surface area contributed by atoms with Crippen molar-refractivity contribution < 1.29 is 18.1 Å². The van der Waals surface area contributed by atoms with Crippen molar-refractivity contribution in [3.05, 3.63) is 29.8 Å².